The summed E-state index contributed by atoms with van der Waals surface area (Å²) in [6.07, 6.45) is 2.38. The second kappa shape index (κ2) is 10.1. The van der Waals surface area contributed by atoms with Crippen LogP contribution in [0.3, 0.4) is 0 Å². The topological polar surface area (TPSA) is 78.7 Å². The van der Waals surface area contributed by atoms with Crippen molar-refractivity contribution in [2.75, 3.05) is 18.1 Å². The highest BCUT2D eigenvalue weighted by Gasteiger charge is 2.08. The standard InChI is InChI=1S/C11H16N4OS3/c1-2-6-13-9(16)8-18-11-15-14-10(19-11)17-7-4-3-5-12/h2-4,6-8H2,1H3,(H,13,16). The minimum absolute atomic E-state index is 0.0327. The van der Waals surface area contributed by atoms with Crippen LogP contribution in [0.2, 0.25) is 0 Å². The lowest BCUT2D eigenvalue weighted by atomic mass is 10.4. The van der Waals surface area contributed by atoms with Crippen molar-refractivity contribution in [3.63, 3.8) is 0 Å². The van der Waals surface area contributed by atoms with Crippen LogP contribution >= 0.6 is 34.9 Å². The van der Waals surface area contributed by atoms with Crippen molar-refractivity contribution in [1.29, 1.82) is 5.26 Å². The molecule has 0 aliphatic heterocycles. The third kappa shape index (κ3) is 7.40. The SMILES string of the molecule is CCCNC(=O)CSc1nnc(SCCCC#N)s1. The van der Waals surface area contributed by atoms with Crippen molar-refractivity contribution >= 4 is 40.8 Å². The zero-order valence-electron chi connectivity index (χ0n) is 10.7. The smallest absolute Gasteiger partial charge is 0.230 e. The van der Waals surface area contributed by atoms with E-state index in [1.54, 1.807) is 11.8 Å². The summed E-state index contributed by atoms with van der Waals surface area (Å²) in [5.74, 6) is 1.29. The third-order valence-electron chi connectivity index (χ3n) is 1.95. The number of amides is 1. The number of rotatable bonds is 9. The highest BCUT2D eigenvalue weighted by atomic mass is 32.2. The van der Waals surface area contributed by atoms with Gasteiger partial charge in [0.1, 0.15) is 0 Å². The van der Waals surface area contributed by atoms with E-state index in [1.165, 1.54) is 23.1 Å². The van der Waals surface area contributed by atoms with E-state index in [0.29, 0.717) is 12.2 Å². The van der Waals surface area contributed by atoms with E-state index in [1.807, 2.05) is 6.92 Å². The Morgan fingerprint density at radius 1 is 1.42 bits per heavy atom. The monoisotopic (exact) mass is 316 g/mol. The molecule has 19 heavy (non-hydrogen) atoms. The Hall–Kier alpha value is -0.780. The molecule has 1 aromatic rings. The van der Waals surface area contributed by atoms with Gasteiger partial charge in [0, 0.05) is 18.7 Å². The molecule has 104 valence electrons. The normalized spacial score (nSPS) is 10.1. The lowest BCUT2D eigenvalue weighted by Gasteiger charge is -2.00. The first kappa shape index (κ1) is 16.3. The number of carbonyl (C=O) groups is 1. The van der Waals surface area contributed by atoms with Crippen molar-refractivity contribution in [3.05, 3.63) is 0 Å². The molecule has 0 aromatic carbocycles. The molecule has 1 rings (SSSR count). The maximum atomic E-state index is 11.4. The van der Waals surface area contributed by atoms with Gasteiger partial charge in [-0.25, -0.2) is 0 Å². The van der Waals surface area contributed by atoms with Gasteiger partial charge in [0.25, 0.3) is 0 Å². The number of carbonyl (C=O) groups excluding carboxylic acids is 1. The Morgan fingerprint density at radius 3 is 2.84 bits per heavy atom. The molecule has 0 unspecified atom stereocenters. The molecule has 0 radical (unpaired) electrons. The molecule has 0 saturated carbocycles. The van der Waals surface area contributed by atoms with E-state index >= 15 is 0 Å². The van der Waals surface area contributed by atoms with Crippen LogP contribution in [0.25, 0.3) is 0 Å². The van der Waals surface area contributed by atoms with Gasteiger partial charge in [-0.05, 0) is 12.8 Å². The minimum Gasteiger partial charge on any atom is -0.355 e. The molecule has 1 heterocycles. The number of aromatic nitrogens is 2. The largest absolute Gasteiger partial charge is 0.355 e. The van der Waals surface area contributed by atoms with Crippen molar-refractivity contribution in [3.8, 4) is 6.07 Å². The fraction of sp³-hybridized carbons (Fsp3) is 0.636. The van der Waals surface area contributed by atoms with E-state index in [9.17, 15) is 4.79 Å². The second-order valence-corrected chi connectivity index (χ2v) is 7.12. The number of unbranched alkanes of at least 4 members (excludes halogenated alkanes) is 1. The number of nitrogens with one attached hydrogen (secondary N) is 1. The summed E-state index contributed by atoms with van der Waals surface area (Å²) in [7, 11) is 0. The molecule has 1 amide bonds. The summed E-state index contributed by atoms with van der Waals surface area (Å²) in [6, 6.07) is 2.11. The summed E-state index contributed by atoms with van der Waals surface area (Å²) in [5, 5.41) is 19.3. The molecule has 0 fully saturated rings. The van der Waals surface area contributed by atoms with Gasteiger partial charge in [-0.3, -0.25) is 4.79 Å². The average molecular weight is 316 g/mol. The summed E-state index contributed by atoms with van der Waals surface area (Å²) in [4.78, 5) is 11.4. The summed E-state index contributed by atoms with van der Waals surface area (Å²) in [6.45, 7) is 2.74. The third-order valence-corrected chi connectivity index (χ3v) is 5.22. The predicted molar refractivity (Wildman–Crippen MR) is 79.5 cm³/mol. The van der Waals surface area contributed by atoms with E-state index in [0.717, 1.165) is 33.8 Å². The molecule has 0 bridgehead atoms. The number of hydrogen-bond donors (Lipinski definition) is 1. The van der Waals surface area contributed by atoms with Crippen molar-refractivity contribution in [2.45, 2.75) is 34.9 Å². The number of nitriles is 1. The fourth-order valence-electron chi connectivity index (χ4n) is 1.07. The van der Waals surface area contributed by atoms with Gasteiger partial charge in [0.05, 0.1) is 11.8 Å². The molecule has 0 atom stereocenters. The van der Waals surface area contributed by atoms with Gasteiger partial charge in [-0.2, -0.15) is 5.26 Å². The van der Waals surface area contributed by atoms with Crippen molar-refractivity contribution < 1.29 is 4.79 Å². The van der Waals surface area contributed by atoms with Crippen LogP contribution in [0.15, 0.2) is 8.68 Å². The van der Waals surface area contributed by atoms with Crippen LogP contribution in [0.4, 0.5) is 0 Å². The first-order valence-corrected chi connectivity index (χ1v) is 8.77. The first-order valence-electron chi connectivity index (χ1n) is 5.99. The van der Waals surface area contributed by atoms with E-state index < -0.39 is 0 Å². The van der Waals surface area contributed by atoms with Crippen LogP contribution in [-0.4, -0.2) is 34.2 Å². The van der Waals surface area contributed by atoms with Crippen LogP contribution in [0.1, 0.15) is 26.2 Å². The Morgan fingerprint density at radius 2 is 2.16 bits per heavy atom. The number of hydrogen-bond acceptors (Lipinski definition) is 7. The molecule has 8 heteroatoms. The molecular formula is C11H16N4OS3. The molecule has 1 aromatic heterocycles. The van der Waals surface area contributed by atoms with Crippen molar-refractivity contribution in [1.82, 2.24) is 15.5 Å². The zero-order chi connectivity index (χ0) is 13.9. The molecule has 1 N–H and O–H groups in total. The van der Waals surface area contributed by atoms with Gasteiger partial charge in [0.2, 0.25) is 5.91 Å². The quantitative estimate of drug-likeness (QED) is 0.557. The van der Waals surface area contributed by atoms with Gasteiger partial charge in [0.15, 0.2) is 8.68 Å². The highest BCUT2D eigenvalue weighted by molar-refractivity contribution is 8.03. The van der Waals surface area contributed by atoms with E-state index in [-0.39, 0.29) is 5.91 Å². The summed E-state index contributed by atoms with van der Waals surface area (Å²) < 4.78 is 1.71. The Bertz CT molecular complexity index is 430. The van der Waals surface area contributed by atoms with Gasteiger partial charge in [-0.1, -0.05) is 41.8 Å². The van der Waals surface area contributed by atoms with Crippen LogP contribution in [0, 0.1) is 11.3 Å². The van der Waals surface area contributed by atoms with Gasteiger partial charge >= 0.3 is 0 Å². The van der Waals surface area contributed by atoms with Gasteiger partial charge in [-0.15, -0.1) is 10.2 Å². The fourth-order valence-corrected chi connectivity index (χ4v) is 3.93. The summed E-state index contributed by atoms with van der Waals surface area (Å²) >= 11 is 4.52. The minimum atomic E-state index is 0.0327. The maximum absolute atomic E-state index is 11.4. The van der Waals surface area contributed by atoms with Crippen molar-refractivity contribution in [2.24, 2.45) is 0 Å². The number of nitrogens with zero attached hydrogens (tertiary/aromatic N) is 3. The lowest BCUT2D eigenvalue weighted by Crippen LogP contribution is -2.25. The molecule has 0 saturated heterocycles. The molecule has 0 spiro atoms. The second-order valence-electron chi connectivity index (χ2n) is 3.58. The molecule has 0 aliphatic carbocycles. The lowest BCUT2D eigenvalue weighted by molar-refractivity contribution is -0.118. The predicted octanol–water partition coefficient (Wildman–Crippen LogP) is 2.55. The number of thioether (sulfide) groups is 2. The first-order chi connectivity index (χ1) is 9.26. The maximum Gasteiger partial charge on any atom is 0.230 e. The molecule has 5 nitrogen and oxygen atoms in total. The Labute approximate surface area is 125 Å². The Balaban J connectivity index is 2.23. The van der Waals surface area contributed by atoms with Crippen LogP contribution in [0.5, 0.6) is 0 Å². The van der Waals surface area contributed by atoms with E-state index in [4.69, 9.17) is 5.26 Å². The zero-order valence-corrected chi connectivity index (χ0v) is 13.2. The summed E-state index contributed by atoms with van der Waals surface area (Å²) in [5.41, 5.74) is 0. The Kier molecular flexibility index (Phi) is 8.62. The van der Waals surface area contributed by atoms with E-state index in [2.05, 4.69) is 21.6 Å². The van der Waals surface area contributed by atoms with Crippen LogP contribution in [-0.2, 0) is 4.79 Å². The molecular weight excluding hydrogens is 300 g/mol. The average Bonchev–Trinajstić information content (AvgIpc) is 2.87. The van der Waals surface area contributed by atoms with Gasteiger partial charge < -0.3 is 5.32 Å². The molecule has 0 aliphatic rings. The highest BCUT2D eigenvalue weighted by Crippen LogP contribution is 2.29. The van der Waals surface area contributed by atoms with Crippen LogP contribution < -0.4 is 5.32 Å².